The predicted octanol–water partition coefficient (Wildman–Crippen LogP) is 3.23. The number of carboxylic acid groups (broad SMARTS) is 1. The van der Waals surface area contributed by atoms with Gasteiger partial charge in [0.15, 0.2) is 0 Å². The quantitative estimate of drug-likeness (QED) is 0.270. The van der Waals surface area contributed by atoms with Gasteiger partial charge < -0.3 is 34.9 Å². The Bertz CT molecular complexity index is 1740. The number of benzene rings is 1. The van der Waals surface area contributed by atoms with E-state index >= 15 is 0 Å². The molecule has 2 aliphatic heterocycles. The van der Waals surface area contributed by atoms with E-state index in [1.807, 2.05) is 48.2 Å². The molecule has 14 heteroatoms. The number of morpholine rings is 1. The summed E-state index contributed by atoms with van der Waals surface area (Å²) in [4.78, 5) is 47.9. The molecule has 2 aromatic heterocycles. The number of ether oxygens (including phenoxy) is 3. The highest BCUT2D eigenvalue weighted by Crippen LogP contribution is 2.45. The van der Waals surface area contributed by atoms with Gasteiger partial charge in [0, 0.05) is 74.3 Å². The molecule has 50 heavy (non-hydrogen) atoms. The van der Waals surface area contributed by atoms with Crippen LogP contribution >= 0.6 is 0 Å². The zero-order chi connectivity index (χ0) is 35.3. The number of allylic oxidation sites excluding steroid dienone is 1. The number of carbonyl (C=O) groups excluding carboxylic acids is 2. The second-order valence-electron chi connectivity index (χ2n) is 13.3. The number of aryl methyl sites for hydroxylation is 1. The van der Waals surface area contributed by atoms with E-state index in [-0.39, 0.29) is 18.9 Å². The lowest BCUT2D eigenvalue weighted by atomic mass is 10.1. The standard InChI is InChI=1S/C36H47N7O7/c1-24-30(48-3)10-9-27-31(20-29(38-32(24)27)25-22-37-43(23-25)14-13-42-15-18-49-19-16-42)50-17-11-28-33(44)40-36(34(45)46)21-26(36)8-6-4-5-7-12-41(2)35(47)39-28/h6,8-10,20,22-23,26,28H,4-5,7,11-19,21H2,1-3H3,(H,39,47)(H,40,44)(H,45,46)/b8-6+. The molecule has 1 aromatic carbocycles. The van der Waals surface area contributed by atoms with E-state index in [4.69, 9.17) is 19.2 Å². The van der Waals surface area contributed by atoms with Crippen molar-refractivity contribution in [3.8, 4) is 22.8 Å². The van der Waals surface area contributed by atoms with Gasteiger partial charge in [-0.2, -0.15) is 5.10 Å². The minimum Gasteiger partial charge on any atom is -0.496 e. The molecule has 1 aliphatic carbocycles. The van der Waals surface area contributed by atoms with Gasteiger partial charge in [-0.05, 0) is 44.7 Å². The van der Waals surface area contributed by atoms with Gasteiger partial charge in [0.25, 0.3) is 0 Å². The Morgan fingerprint density at radius 1 is 1.14 bits per heavy atom. The molecular formula is C36H47N7O7. The molecule has 3 amide bonds. The Morgan fingerprint density at radius 3 is 2.74 bits per heavy atom. The first-order chi connectivity index (χ1) is 24.2. The molecule has 1 saturated heterocycles. The summed E-state index contributed by atoms with van der Waals surface area (Å²) >= 11 is 0. The summed E-state index contributed by atoms with van der Waals surface area (Å²) < 4.78 is 19.3. The van der Waals surface area contributed by atoms with E-state index in [1.54, 1.807) is 25.3 Å². The lowest BCUT2D eigenvalue weighted by Crippen LogP contribution is -2.55. The van der Waals surface area contributed by atoms with Crippen LogP contribution in [0.15, 0.2) is 42.7 Å². The Morgan fingerprint density at radius 2 is 1.96 bits per heavy atom. The number of carboxylic acids is 1. The van der Waals surface area contributed by atoms with Crippen LogP contribution in [0.3, 0.4) is 0 Å². The summed E-state index contributed by atoms with van der Waals surface area (Å²) in [6.45, 7) is 7.43. The molecule has 0 spiro atoms. The van der Waals surface area contributed by atoms with E-state index in [2.05, 4.69) is 20.6 Å². The van der Waals surface area contributed by atoms with Gasteiger partial charge >= 0.3 is 12.0 Å². The number of hydrogen-bond donors (Lipinski definition) is 3. The largest absolute Gasteiger partial charge is 0.496 e. The van der Waals surface area contributed by atoms with E-state index in [0.29, 0.717) is 35.7 Å². The summed E-state index contributed by atoms with van der Waals surface area (Å²) in [5.41, 5.74) is 1.67. The molecule has 14 nitrogen and oxygen atoms in total. The number of methoxy groups -OCH3 is 1. The van der Waals surface area contributed by atoms with Gasteiger partial charge in [0.2, 0.25) is 5.91 Å². The maximum absolute atomic E-state index is 13.6. The zero-order valence-corrected chi connectivity index (χ0v) is 29.0. The maximum atomic E-state index is 13.6. The average Bonchev–Trinajstić information content (AvgIpc) is 3.60. The molecule has 3 aliphatic rings. The lowest BCUT2D eigenvalue weighted by Gasteiger charge is -2.26. The fourth-order valence-corrected chi connectivity index (χ4v) is 6.61. The van der Waals surface area contributed by atoms with Crippen LogP contribution in [-0.2, 0) is 20.9 Å². The summed E-state index contributed by atoms with van der Waals surface area (Å²) in [6, 6.07) is 4.19. The number of hydrogen-bond acceptors (Lipinski definition) is 9. The summed E-state index contributed by atoms with van der Waals surface area (Å²) in [5.74, 6) is -0.699. The molecular weight excluding hydrogens is 642 g/mol. The van der Waals surface area contributed by atoms with Crippen LogP contribution in [0.4, 0.5) is 4.79 Å². The molecule has 1 saturated carbocycles. The fourth-order valence-electron chi connectivity index (χ4n) is 6.61. The smallest absolute Gasteiger partial charge is 0.330 e. The number of aromatic nitrogens is 3. The second-order valence-corrected chi connectivity index (χ2v) is 13.3. The van der Waals surface area contributed by atoms with Crippen molar-refractivity contribution in [3.63, 3.8) is 0 Å². The van der Waals surface area contributed by atoms with Gasteiger partial charge in [-0.1, -0.05) is 12.2 Å². The van der Waals surface area contributed by atoms with E-state index in [9.17, 15) is 19.5 Å². The Hall–Kier alpha value is -4.69. The van der Waals surface area contributed by atoms with Crippen molar-refractivity contribution in [2.45, 2.75) is 57.2 Å². The number of pyridine rings is 1. The Balaban J connectivity index is 1.22. The van der Waals surface area contributed by atoms with Crippen LogP contribution < -0.4 is 20.1 Å². The van der Waals surface area contributed by atoms with Crippen molar-refractivity contribution in [2.24, 2.45) is 5.92 Å². The third-order valence-electron chi connectivity index (χ3n) is 9.90. The molecule has 3 N–H and O–H groups in total. The number of fused-ring (bicyclic) bond motifs is 2. The molecule has 3 aromatic rings. The van der Waals surface area contributed by atoms with E-state index < -0.39 is 29.5 Å². The van der Waals surface area contributed by atoms with Crippen LogP contribution in [0, 0.1) is 12.8 Å². The van der Waals surface area contributed by atoms with Crippen molar-refractivity contribution >= 4 is 28.8 Å². The number of nitrogens with zero attached hydrogens (tertiary/aromatic N) is 5. The van der Waals surface area contributed by atoms with Crippen molar-refractivity contribution in [1.82, 2.24) is 35.2 Å². The molecule has 268 valence electrons. The monoisotopic (exact) mass is 689 g/mol. The van der Waals surface area contributed by atoms with Crippen LogP contribution in [-0.4, -0.2) is 119 Å². The number of rotatable bonds is 10. The van der Waals surface area contributed by atoms with Crippen molar-refractivity contribution in [2.75, 3.05) is 60.2 Å². The molecule has 0 radical (unpaired) electrons. The number of amides is 3. The third kappa shape index (κ3) is 7.86. The van der Waals surface area contributed by atoms with Crippen LogP contribution in [0.1, 0.15) is 37.7 Å². The van der Waals surface area contributed by atoms with Crippen molar-refractivity contribution < 1.29 is 33.7 Å². The minimum atomic E-state index is -1.38. The minimum absolute atomic E-state index is 0.0634. The summed E-state index contributed by atoms with van der Waals surface area (Å²) in [5, 5.41) is 21.0. The second kappa shape index (κ2) is 15.5. The fraction of sp³-hybridized carbons (Fsp3) is 0.528. The van der Waals surface area contributed by atoms with E-state index in [1.165, 1.54) is 0 Å². The van der Waals surface area contributed by atoms with Gasteiger partial charge in [-0.15, -0.1) is 0 Å². The van der Waals surface area contributed by atoms with Crippen molar-refractivity contribution in [1.29, 1.82) is 0 Å². The number of carbonyl (C=O) groups is 3. The molecule has 0 bridgehead atoms. The zero-order valence-electron chi connectivity index (χ0n) is 29.0. The highest BCUT2D eigenvalue weighted by molar-refractivity contribution is 5.94. The molecule has 2 fully saturated rings. The maximum Gasteiger partial charge on any atom is 0.330 e. The molecule has 4 heterocycles. The first-order valence-corrected chi connectivity index (χ1v) is 17.4. The Kier molecular flexibility index (Phi) is 10.9. The van der Waals surface area contributed by atoms with Gasteiger partial charge in [0.1, 0.15) is 23.1 Å². The number of urea groups is 1. The van der Waals surface area contributed by atoms with Gasteiger partial charge in [0.05, 0.1) is 50.9 Å². The Labute approximate surface area is 291 Å². The number of nitrogens with one attached hydrogen (secondary N) is 2. The van der Waals surface area contributed by atoms with Crippen LogP contribution in [0.25, 0.3) is 22.2 Å². The molecule has 6 rings (SSSR count). The highest BCUT2D eigenvalue weighted by Gasteiger charge is 2.60. The van der Waals surface area contributed by atoms with Gasteiger partial charge in [-0.25, -0.2) is 14.6 Å². The van der Waals surface area contributed by atoms with E-state index in [0.717, 1.165) is 75.2 Å². The normalized spacial score (nSPS) is 24.1. The van der Waals surface area contributed by atoms with Crippen LogP contribution in [0.5, 0.6) is 11.5 Å². The molecule has 3 atom stereocenters. The van der Waals surface area contributed by atoms with Crippen molar-refractivity contribution in [3.05, 3.63) is 48.3 Å². The topological polar surface area (TPSA) is 160 Å². The van der Waals surface area contributed by atoms with Gasteiger partial charge in [-0.3, -0.25) is 14.4 Å². The average molecular weight is 690 g/mol. The SMILES string of the molecule is COc1ccc2c(OCCC3NC(=O)N(C)CCCC/C=C/C4CC4(C(=O)O)NC3=O)cc(-c3cnn(CCN4CCOCC4)c3)nc2c1C. The highest BCUT2D eigenvalue weighted by atomic mass is 16.5. The summed E-state index contributed by atoms with van der Waals surface area (Å²) in [7, 11) is 3.30. The third-order valence-corrected chi connectivity index (χ3v) is 9.90. The first kappa shape index (κ1) is 35.1. The predicted molar refractivity (Wildman–Crippen MR) is 186 cm³/mol. The summed E-state index contributed by atoms with van der Waals surface area (Å²) in [6.07, 6.45) is 10.5. The van der Waals surface area contributed by atoms with Crippen LogP contribution in [0.2, 0.25) is 0 Å². The first-order valence-electron chi connectivity index (χ1n) is 17.4. The number of aliphatic carboxylic acids is 1. The molecule has 3 unspecified atom stereocenters. The lowest BCUT2D eigenvalue weighted by molar-refractivity contribution is -0.143.